The number of carbonyl (C=O) groups is 1. The molecule has 3 aliphatic heterocycles. The molecule has 4 nitrogen and oxygen atoms in total. The molecular formula is C20H22N2O2. The predicted molar refractivity (Wildman–Crippen MR) is 92.9 cm³/mol. The van der Waals surface area contributed by atoms with Crippen molar-refractivity contribution in [3.05, 3.63) is 47.2 Å². The molecule has 0 N–H and O–H groups in total. The molecule has 1 saturated heterocycles. The molecule has 0 aliphatic carbocycles. The highest BCUT2D eigenvalue weighted by Crippen LogP contribution is 2.53. The van der Waals surface area contributed by atoms with Gasteiger partial charge in [0.1, 0.15) is 6.04 Å². The summed E-state index contributed by atoms with van der Waals surface area (Å²) in [5.41, 5.74) is 5.38. The maximum atomic E-state index is 12.8. The second-order valence-electron chi connectivity index (χ2n) is 7.16. The second kappa shape index (κ2) is 4.96. The minimum atomic E-state index is -0.230. The Labute approximate surface area is 141 Å². The van der Waals surface area contributed by atoms with Crippen molar-refractivity contribution in [3.8, 4) is 0 Å². The van der Waals surface area contributed by atoms with Crippen LogP contribution in [-0.4, -0.2) is 35.6 Å². The first-order valence-electron chi connectivity index (χ1n) is 8.83. The fourth-order valence-corrected chi connectivity index (χ4v) is 5.26. The summed E-state index contributed by atoms with van der Waals surface area (Å²) >= 11 is 0. The van der Waals surface area contributed by atoms with E-state index in [4.69, 9.17) is 4.74 Å². The van der Waals surface area contributed by atoms with Crippen LogP contribution in [-0.2, 0) is 16.0 Å². The number of rotatable bonds is 1. The van der Waals surface area contributed by atoms with Gasteiger partial charge in [-0.1, -0.05) is 29.8 Å². The van der Waals surface area contributed by atoms with Crippen molar-refractivity contribution < 1.29 is 9.53 Å². The van der Waals surface area contributed by atoms with Crippen molar-refractivity contribution >= 4 is 16.9 Å². The number of hydrogen-bond donors (Lipinski definition) is 0. The molecule has 0 spiro atoms. The zero-order valence-electron chi connectivity index (χ0n) is 14.2. The summed E-state index contributed by atoms with van der Waals surface area (Å²) < 4.78 is 7.54. The molecule has 0 amide bonds. The smallest absolute Gasteiger partial charge is 0.329 e. The molecule has 0 radical (unpaired) electrons. The average molecular weight is 322 g/mol. The first-order valence-corrected chi connectivity index (χ1v) is 8.83. The number of aromatic nitrogens is 1. The van der Waals surface area contributed by atoms with Crippen molar-refractivity contribution in [3.63, 3.8) is 0 Å². The Hall–Kier alpha value is -2.07. The van der Waals surface area contributed by atoms with Crippen LogP contribution in [0.15, 0.2) is 35.9 Å². The van der Waals surface area contributed by atoms with Gasteiger partial charge in [-0.2, -0.15) is 0 Å². The molecule has 2 aromatic rings. The lowest BCUT2D eigenvalue weighted by Gasteiger charge is -2.50. The zero-order chi connectivity index (χ0) is 16.4. The third kappa shape index (κ3) is 1.64. The van der Waals surface area contributed by atoms with E-state index in [1.807, 2.05) is 0 Å². The van der Waals surface area contributed by atoms with Gasteiger partial charge in [0.15, 0.2) is 0 Å². The van der Waals surface area contributed by atoms with E-state index < -0.39 is 0 Å². The number of benzene rings is 1. The fourth-order valence-electron chi connectivity index (χ4n) is 5.26. The Morgan fingerprint density at radius 1 is 1.33 bits per heavy atom. The molecule has 2 bridgehead atoms. The molecule has 4 heterocycles. The van der Waals surface area contributed by atoms with E-state index in [0.717, 1.165) is 25.9 Å². The van der Waals surface area contributed by atoms with Crippen molar-refractivity contribution in [2.75, 3.05) is 20.2 Å². The largest absolute Gasteiger partial charge is 0.467 e. The first kappa shape index (κ1) is 14.3. The number of hydrogen-bond acceptors (Lipinski definition) is 3. The van der Waals surface area contributed by atoms with E-state index in [1.54, 1.807) is 0 Å². The van der Waals surface area contributed by atoms with Crippen molar-refractivity contribution in [2.24, 2.45) is 5.92 Å². The molecule has 3 aliphatic rings. The Balaban J connectivity index is 1.86. The lowest BCUT2D eigenvalue weighted by atomic mass is 9.75. The highest BCUT2D eigenvalue weighted by Gasteiger charge is 2.49. The maximum Gasteiger partial charge on any atom is 0.329 e. The molecule has 1 unspecified atom stereocenters. The Kier molecular flexibility index (Phi) is 2.95. The van der Waals surface area contributed by atoms with Gasteiger partial charge < -0.3 is 9.30 Å². The lowest BCUT2D eigenvalue weighted by molar-refractivity contribution is -0.147. The van der Waals surface area contributed by atoms with Crippen molar-refractivity contribution in [1.82, 2.24) is 9.47 Å². The van der Waals surface area contributed by atoms with Crippen LogP contribution in [0.3, 0.4) is 0 Å². The summed E-state index contributed by atoms with van der Waals surface area (Å²) in [5, 5.41) is 1.32. The topological polar surface area (TPSA) is 34.5 Å². The number of esters is 1. The van der Waals surface area contributed by atoms with Gasteiger partial charge in [0.25, 0.3) is 0 Å². The monoisotopic (exact) mass is 322 g/mol. The van der Waals surface area contributed by atoms with E-state index in [-0.39, 0.29) is 17.9 Å². The van der Waals surface area contributed by atoms with E-state index in [0.29, 0.717) is 6.04 Å². The van der Waals surface area contributed by atoms with Crippen LogP contribution in [0.2, 0.25) is 0 Å². The highest BCUT2D eigenvalue weighted by molar-refractivity contribution is 5.89. The van der Waals surface area contributed by atoms with Crippen LogP contribution >= 0.6 is 0 Å². The minimum absolute atomic E-state index is 0.111. The fraction of sp³-hybridized carbons (Fsp3) is 0.450. The van der Waals surface area contributed by atoms with Gasteiger partial charge in [-0.05, 0) is 31.4 Å². The number of nitrogens with zero attached hydrogens (tertiary/aromatic N) is 2. The molecule has 1 fully saturated rings. The number of carbonyl (C=O) groups excluding carboxylic acids is 1. The number of ether oxygens (including phenoxy) is 1. The van der Waals surface area contributed by atoms with Gasteiger partial charge in [0.05, 0.1) is 13.2 Å². The molecule has 3 atom stereocenters. The molecule has 1 aromatic heterocycles. The van der Waals surface area contributed by atoms with Crippen molar-refractivity contribution in [1.29, 1.82) is 0 Å². The van der Waals surface area contributed by atoms with Crippen LogP contribution in [0.25, 0.3) is 10.9 Å². The summed E-state index contributed by atoms with van der Waals surface area (Å²) in [7, 11) is 1.51. The van der Waals surface area contributed by atoms with E-state index in [1.165, 1.54) is 34.8 Å². The second-order valence-corrected chi connectivity index (χ2v) is 7.16. The van der Waals surface area contributed by atoms with Gasteiger partial charge in [-0.15, -0.1) is 0 Å². The molecular weight excluding hydrogens is 300 g/mol. The van der Waals surface area contributed by atoms with E-state index >= 15 is 0 Å². The molecule has 24 heavy (non-hydrogen) atoms. The summed E-state index contributed by atoms with van der Waals surface area (Å²) in [6.45, 7) is 4.20. The van der Waals surface area contributed by atoms with Crippen LogP contribution in [0.4, 0.5) is 0 Å². The summed E-state index contributed by atoms with van der Waals surface area (Å²) in [6, 6.07) is 8.75. The summed E-state index contributed by atoms with van der Waals surface area (Å²) in [4.78, 5) is 15.4. The van der Waals surface area contributed by atoms with Gasteiger partial charge in [0, 0.05) is 35.6 Å². The summed E-state index contributed by atoms with van der Waals surface area (Å²) in [5.74, 6) is 0.137. The number of allylic oxidation sites excluding steroid dienone is 1. The third-order valence-electron chi connectivity index (χ3n) is 6.27. The highest BCUT2D eigenvalue weighted by atomic mass is 16.5. The van der Waals surface area contributed by atoms with Gasteiger partial charge in [-0.3, -0.25) is 4.90 Å². The first-order chi connectivity index (χ1) is 11.7. The lowest BCUT2D eigenvalue weighted by Crippen LogP contribution is -2.50. The number of para-hydroxylation sites is 1. The van der Waals surface area contributed by atoms with Gasteiger partial charge in [0.2, 0.25) is 0 Å². The Bertz CT molecular complexity index is 879. The molecule has 124 valence electrons. The van der Waals surface area contributed by atoms with Crippen LogP contribution in [0, 0.1) is 5.92 Å². The summed E-state index contributed by atoms with van der Waals surface area (Å²) in [6.07, 6.45) is 4.31. The normalized spacial score (nSPS) is 29.9. The predicted octanol–water partition coefficient (Wildman–Crippen LogP) is 3.23. The van der Waals surface area contributed by atoms with Crippen LogP contribution in [0.5, 0.6) is 0 Å². The Morgan fingerprint density at radius 2 is 2.17 bits per heavy atom. The van der Waals surface area contributed by atoms with Crippen molar-refractivity contribution in [2.45, 2.75) is 31.8 Å². The molecule has 1 aromatic carbocycles. The molecule has 4 heteroatoms. The van der Waals surface area contributed by atoms with Gasteiger partial charge >= 0.3 is 5.97 Å². The van der Waals surface area contributed by atoms with E-state index in [2.05, 4.69) is 46.7 Å². The average Bonchev–Trinajstić information content (AvgIpc) is 2.96. The minimum Gasteiger partial charge on any atom is -0.467 e. The number of piperidine rings is 1. The Morgan fingerprint density at radius 3 is 2.96 bits per heavy atom. The third-order valence-corrected chi connectivity index (χ3v) is 6.27. The van der Waals surface area contributed by atoms with Crippen LogP contribution < -0.4 is 0 Å². The van der Waals surface area contributed by atoms with E-state index in [9.17, 15) is 4.79 Å². The number of methoxy groups -OCH3 is 1. The maximum absolute atomic E-state index is 12.8. The zero-order valence-corrected chi connectivity index (χ0v) is 14.2. The number of fused-ring (bicyclic) bond motifs is 4. The molecule has 5 rings (SSSR count). The molecule has 0 saturated carbocycles. The quantitative estimate of drug-likeness (QED) is 0.597. The SMILES string of the molecule is C/C=C1/CN2CCc3c4n(c5ccccc35)C(C(=O)OC)[C@H]1C[C@@H]42. The van der Waals surface area contributed by atoms with Gasteiger partial charge in [-0.25, -0.2) is 4.79 Å². The standard InChI is InChI=1S/C20H22N2O2/c1-3-12-11-21-9-8-14-13-6-4-5-7-16(13)22-18(14)17(21)10-15(12)19(22)20(23)24-2/h3-7,15,17,19H,8-11H2,1-2H3/b12-3-/t15-,17-,19?/m0/s1. The van der Waals surface area contributed by atoms with Crippen LogP contribution in [0.1, 0.15) is 36.7 Å².